The Morgan fingerprint density at radius 3 is 2.50 bits per heavy atom. The summed E-state index contributed by atoms with van der Waals surface area (Å²) in [5, 5.41) is 0.264. The molecule has 0 aliphatic heterocycles. The highest BCUT2D eigenvalue weighted by molar-refractivity contribution is 7.98. The molecule has 10 heteroatoms. The Morgan fingerprint density at radius 1 is 1.23 bits per heavy atom. The number of rotatable bonds is 6. The summed E-state index contributed by atoms with van der Waals surface area (Å²) in [6.45, 7) is 0. The van der Waals surface area contributed by atoms with Crippen molar-refractivity contribution in [1.82, 2.24) is 15.0 Å². The molecular formula is C12H13ClN4O3S2. The van der Waals surface area contributed by atoms with Crippen molar-refractivity contribution in [2.24, 2.45) is 0 Å². The fourth-order valence-corrected chi connectivity index (χ4v) is 2.90. The second kappa shape index (κ2) is 7.12. The van der Waals surface area contributed by atoms with E-state index in [9.17, 15) is 8.42 Å². The molecule has 1 heterocycles. The summed E-state index contributed by atoms with van der Waals surface area (Å²) in [6, 6.07) is 7.55. The van der Waals surface area contributed by atoms with Gasteiger partial charge in [-0.1, -0.05) is 23.9 Å². The number of ether oxygens (including phenoxy) is 1. The molecule has 22 heavy (non-hydrogen) atoms. The van der Waals surface area contributed by atoms with Gasteiger partial charge in [0, 0.05) is 5.75 Å². The van der Waals surface area contributed by atoms with E-state index in [1.54, 1.807) is 7.11 Å². The van der Waals surface area contributed by atoms with Gasteiger partial charge in [0.2, 0.25) is 21.3 Å². The van der Waals surface area contributed by atoms with E-state index < -0.39 is 10.0 Å². The van der Waals surface area contributed by atoms with Crippen LogP contribution in [0.15, 0.2) is 29.4 Å². The molecule has 0 saturated heterocycles. The van der Waals surface area contributed by atoms with Gasteiger partial charge in [-0.05, 0) is 29.3 Å². The number of sulfonamides is 1. The van der Waals surface area contributed by atoms with Crippen LogP contribution in [0.4, 0.5) is 5.95 Å². The number of anilines is 1. The molecule has 0 radical (unpaired) electrons. The third kappa shape index (κ3) is 5.32. The maximum atomic E-state index is 11.2. The average molecular weight is 361 g/mol. The molecule has 0 fully saturated rings. The lowest BCUT2D eigenvalue weighted by atomic mass is 10.2. The number of nitrogens with one attached hydrogen (secondary N) is 1. The van der Waals surface area contributed by atoms with Crippen molar-refractivity contribution in [3.63, 3.8) is 0 Å². The number of thioether (sulfide) groups is 1. The zero-order valence-corrected chi connectivity index (χ0v) is 14.2. The van der Waals surface area contributed by atoms with Crippen molar-refractivity contribution in [2.75, 3.05) is 18.1 Å². The van der Waals surface area contributed by atoms with Gasteiger partial charge in [-0.2, -0.15) is 15.0 Å². The van der Waals surface area contributed by atoms with Crippen molar-refractivity contribution in [2.45, 2.75) is 10.9 Å². The van der Waals surface area contributed by atoms with Crippen LogP contribution in [-0.2, 0) is 15.8 Å². The molecule has 0 aliphatic carbocycles. The molecule has 0 unspecified atom stereocenters. The molecular weight excluding hydrogens is 348 g/mol. The molecule has 1 aromatic heterocycles. The fourth-order valence-electron chi connectivity index (χ4n) is 1.48. The minimum absolute atomic E-state index is 0.0709. The summed E-state index contributed by atoms with van der Waals surface area (Å²) in [4.78, 5) is 11.7. The van der Waals surface area contributed by atoms with Crippen LogP contribution in [-0.4, -0.2) is 36.7 Å². The quantitative estimate of drug-likeness (QED) is 0.789. The van der Waals surface area contributed by atoms with E-state index >= 15 is 0 Å². The molecule has 0 bridgehead atoms. The number of hydrogen-bond acceptors (Lipinski definition) is 7. The van der Waals surface area contributed by atoms with Crippen LogP contribution < -0.4 is 9.46 Å². The average Bonchev–Trinajstić information content (AvgIpc) is 2.43. The largest absolute Gasteiger partial charge is 0.497 e. The van der Waals surface area contributed by atoms with E-state index in [-0.39, 0.29) is 11.2 Å². The number of aromatic nitrogens is 3. The van der Waals surface area contributed by atoms with Crippen LogP contribution in [0.2, 0.25) is 5.28 Å². The van der Waals surface area contributed by atoms with Crippen molar-refractivity contribution >= 4 is 39.3 Å². The Hall–Kier alpha value is -1.58. The first-order valence-electron chi connectivity index (χ1n) is 6.01. The van der Waals surface area contributed by atoms with Crippen LogP contribution in [0, 0.1) is 0 Å². The first-order valence-corrected chi connectivity index (χ1v) is 9.26. The smallest absolute Gasteiger partial charge is 0.241 e. The lowest BCUT2D eigenvalue weighted by Crippen LogP contribution is -2.13. The minimum atomic E-state index is -3.47. The second-order valence-corrected chi connectivity index (χ2v) is 7.25. The van der Waals surface area contributed by atoms with Gasteiger partial charge >= 0.3 is 0 Å². The zero-order valence-electron chi connectivity index (χ0n) is 11.8. The van der Waals surface area contributed by atoms with Gasteiger partial charge < -0.3 is 4.74 Å². The van der Waals surface area contributed by atoms with Crippen molar-refractivity contribution in [3.8, 4) is 5.75 Å². The third-order valence-corrected chi connectivity index (χ3v) is 4.03. The summed E-state index contributed by atoms with van der Waals surface area (Å²) < 4.78 is 29.6. The van der Waals surface area contributed by atoms with E-state index in [0.29, 0.717) is 10.9 Å². The van der Waals surface area contributed by atoms with Crippen LogP contribution in [0.1, 0.15) is 5.56 Å². The molecule has 0 spiro atoms. The van der Waals surface area contributed by atoms with Crippen molar-refractivity contribution < 1.29 is 13.2 Å². The molecule has 0 atom stereocenters. The standard InChI is InChI=1S/C12H13ClN4O3S2/c1-20-9-5-3-8(4-6-9)7-21-12-15-10(13)14-11(16-12)17-22(2,18)19/h3-6H,7H2,1-2H3,(H,14,15,16,17). The Morgan fingerprint density at radius 2 is 1.91 bits per heavy atom. The summed E-state index contributed by atoms with van der Waals surface area (Å²) in [7, 11) is -1.87. The highest BCUT2D eigenvalue weighted by Gasteiger charge is 2.10. The van der Waals surface area contributed by atoms with Crippen molar-refractivity contribution in [3.05, 3.63) is 35.1 Å². The highest BCUT2D eigenvalue weighted by atomic mass is 35.5. The van der Waals surface area contributed by atoms with Crippen molar-refractivity contribution in [1.29, 1.82) is 0 Å². The van der Waals surface area contributed by atoms with E-state index in [4.69, 9.17) is 16.3 Å². The Kier molecular flexibility index (Phi) is 5.43. The third-order valence-electron chi connectivity index (χ3n) is 2.39. The predicted molar refractivity (Wildman–Crippen MR) is 85.9 cm³/mol. The molecule has 1 N–H and O–H groups in total. The van der Waals surface area contributed by atoms with Crippen LogP contribution in [0.3, 0.4) is 0 Å². The molecule has 118 valence electrons. The number of hydrogen-bond donors (Lipinski definition) is 1. The molecule has 2 rings (SSSR count). The van der Waals surface area contributed by atoms with Gasteiger partial charge in [0.25, 0.3) is 0 Å². The molecule has 0 saturated carbocycles. The summed E-state index contributed by atoms with van der Waals surface area (Å²) in [6.07, 6.45) is 1.01. The first kappa shape index (κ1) is 16.8. The maximum absolute atomic E-state index is 11.2. The highest BCUT2D eigenvalue weighted by Crippen LogP contribution is 2.22. The molecule has 2 aromatic rings. The summed E-state index contributed by atoms with van der Waals surface area (Å²) in [5.41, 5.74) is 1.04. The van der Waals surface area contributed by atoms with Gasteiger partial charge in [-0.25, -0.2) is 8.42 Å². The van der Waals surface area contributed by atoms with E-state index in [1.165, 1.54) is 11.8 Å². The molecule has 0 aliphatic rings. The minimum Gasteiger partial charge on any atom is -0.497 e. The molecule has 0 amide bonds. The maximum Gasteiger partial charge on any atom is 0.241 e. The van der Waals surface area contributed by atoms with E-state index in [0.717, 1.165) is 17.6 Å². The van der Waals surface area contributed by atoms with Gasteiger partial charge in [0.1, 0.15) is 5.75 Å². The monoisotopic (exact) mass is 360 g/mol. The van der Waals surface area contributed by atoms with Crippen LogP contribution in [0.25, 0.3) is 0 Å². The van der Waals surface area contributed by atoms with E-state index in [2.05, 4.69) is 19.7 Å². The number of methoxy groups -OCH3 is 1. The molecule has 1 aromatic carbocycles. The van der Waals surface area contributed by atoms with Crippen LogP contribution >= 0.6 is 23.4 Å². The number of halogens is 1. The Labute approximate surface area is 137 Å². The summed E-state index contributed by atoms with van der Waals surface area (Å²) >= 11 is 7.09. The fraction of sp³-hybridized carbons (Fsp3) is 0.250. The van der Waals surface area contributed by atoms with Gasteiger partial charge in [-0.15, -0.1) is 0 Å². The number of benzene rings is 1. The van der Waals surface area contributed by atoms with Gasteiger partial charge in [0.05, 0.1) is 13.4 Å². The van der Waals surface area contributed by atoms with E-state index in [1.807, 2.05) is 24.3 Å². The first-order chi connectivity index (χ1) is 10.4. The lowest BCUT2D eigenvalue weighted by molar-refractivity contribution is 0.414. The normalized spacial score (nSPS) is 11.2. The SMILES string of the molecule is COc1ccc(CSc2nc(Cl)nc(NS(C)(=O)=O)n2)cc1. The molecule has 7 nitrogen and oxygen atoms in total. The van der Waals surface area contributed by atoms with Gasteiger partial charge in [0.15, 0.2) is 5.16 Å². The Balaban J connectivity index is 2.08. The number of nitrogens with zero attached hydrogens (tertiary/aromatic N) is 3. The van der Waals surface area contributed by atoms with Gasteiger partial charge in [-0.3, -0.25) is 4.72 Å². The Bertz CT molecular complexity index is 753. The zero-order chi connectivity index (χ0) is 16.2. The summed E-state index contributed by atoms with van der Waals surface area (Å²) in [5.74, 6) is 1.28. The lowest BCUT2D eigenvalue weighted by Gasteiger charge is -2.05. The second-order valence-electron chi connectivity index (χ2n) is 4.22. The predicted octanol–water partition coefficient (Wildman–Crippen LogP) is 2.20. The van der Waals surface area contributed by atoms with Crippen LogP contribution in [0.5, 0.6) is 5.75 Å². The topological polar surface area (TPSA) is 94.1 Å².